The first kappa shape index (κ1) is 17.1. The number of benzene rings is 3. The molecule has 1 aliphatic rings. The fraction of sp³-hybridized carbons (Fsp3) is 0.125. The zero-order valence-electron chi connectivity index (χ0n) is 15.0. The molecular formula is C24H20O3. The van der Waals surface area contributed by atoms with Crippen molar-refractivity contribution in [2.24, 2.45) is 0 Å². The Balaban J connectivity index is 1.88. The van der Waals surface area contributed by atoms with E-state index in [-0.39, 0.29) is 12.1 Å². The summed E-state index contributed by atoms with van der Waals surface area (Å²) in [5.74, 6) is 0.425. The zero-order chi connectivity index (χ0) is 18.6. The SMILES string of the molecule is CC(=O)O[C@@H]1C(c2ccccc2)=C(c2ccccc2)O[C@@H]1c1ccccc1. The van der Waals surface area contributed by atoms with Crippen molar-refractivity contribution in [2.45, 2.75) is 19.1 Å². The summed E-state index contributed by atoms with van der Waals surface area (Å²) >= 11 is 0. The van der Waals surface area contributed by atoms with Gasteiger partial charge in [0.25, 0.3) is 0 Å². The number of hydrogen-bond donors (Lipinski definition) is 0. The molecule has 0 spiro atoms. The molecule has 134 valence electrons. The van der Waals surface area contributed by atoms with Gasteiger partial charge in [-0.1, -0.05) is 91.0 Å². The zero-order valence-corrected chi connectivity index (χ0v) is 15.0. The highest BCUT2D eigenvalue weighted by atomic mass is 16.6. The Morgan fingerprint density at radius 1 is 0.778 bits per heavy atom. The van der Waals surface area contributed by atoms with Gasteiger partial charge < -0.3 is 9.47 Å². The van der Waals surface area contributed by atoms with Crippen molar-refractivity contribution in [3.05, 3.63) is 108 Å². The van der Waals surface area contributed by atoms with Gasteiger partial charge in [-0.2, -0.15) is 0 Å². The predicted octanol–water partition coefficient (Wildman–Crippen LogP) is 5.26. The molecule has 1 aliphatic heterocycles. The lowest BCUT2D eigenvalue weighted by Crippen LogP contribution is -2.23. The van der Waals surface area contributed by atoms with Gasteiger partial charge in [-0.25, -0.2) is 0 Å². The van der Waals surface area contributed by atoms with Crippen molar-refractivity contribution < 1.29 is 14.3 Å². The number of rotatable bonds is 4. The van der Waals surface area contributed by atoms with Crippen molar-refractivity contribution in [2.75, 3.05) is 0 Å². The number of esters is 1. The Morgan fingerprint density at radius 3 is 1.85 bits per heavy atom. The van der Waals surface area contributed by atoms with E-state index in [0.29, 0.717) is 0 Å². The van der Waals surface area contributed by atoms with Gasteiger partial charge >= 0.3 is 5.97 Å². The molecule has 0 amide bonds. The van der Waals surface area contributed by atoms with Crippen LogP contribution in [0.1, 0.15) is 29.7 Å². The summed E-state index contributed by atoms with van der Waals surface area (Å²) < 4.78 is 12.2. The van der Waals surface area contributed by atoms with Gasteiger partial charge in [-0.3, -0.25) is 4.79 Å². The Morgan fingerprint density at radius 2 is 1.30 bits per heavy atom. The number of carbonyl (C=O) groups is 1. The van der Waals surface area contributed by atoms with E-state index in [9.17, 15) is 4.79 Å². The van der Waals surface area contributed by atoms with E-state index in [0.717, 1.165) is 28.0 Å². The van der Waals surface area contributed by atoms with Crippen LogP contribution in [-0.4, -0.2) is 12.1 Å². The Labute approximate surface area is 158 Å². The maximum atomic E-state index is 11.9. The van der Waals surface area contributed by atoms with Crippen LogP contribution in [0.15, 0.2) is 91.0 Å². The normalized spacial score (nSPS) is 18.9. The van der Waals surface area contributed by atoms with Crippen LogP contribution in [0.4, 0.5) is 0 Å². The van der Waals surface area contributed by atoms with E-state index in [1.165, 1.54) is 6.92 Å². The second-order valence-electron chi connectivity index (χ2n) is 6.45. The second kappa shape index (κ2) is 7.50. The summed E-state index contributed by atoms with van der Waals surface area (Å²) in [5.41, 5.74) is 3.82. The van der Waals surface area contributed by atoms with Crippen molar-refractivity contribution in [1.29, 1.82) is 0 Å². The van der Waals surface area contributed by atoms with Gasteiger partial charge in [0.05, 0.1) is 0 Å². The molecule has 0 bridgehead atoms. The van der Waals surface area contributed by atoms with Gasteiger partial charge in [0, 0.05) is 18.1 Å². The van der Waals surface area contributed by atoms with E-state index in [4.69, 9.17) is 9.47 Å². The molecule has 3 aromatic rings. The Hall–Kier alpha value is -3.33. The summed E-state index contributed by atoms with van der Waals surface area (Å²) in [6.07, 6.45) is -0.900. The standard InChI is InChI=1S/C24H20O3/c1-17(25)26-24-21(18-11-5-2-6-12-18)22(19-13-7-3-8-14-19)27-23(24)20-15-9-4-10-16-20/h2-16,23-24H,1H3/t23-,24-/m1/s1. The highest BCUT2D eigenvalue weighted by Gasteiger charge is 2.41. The summed E-state index contributed by atoms with van der Waals surface area (Å²) in [6, 6.07) is 29.8. The van der Waals surface area contributed by atoms with Crippen molar-refractivity contribution >= 4 is 17.3 Å². The average molecular weight is 356 g/mol. The van der Waals surface area contributed by atoms with Gasteiger partial charge in [0.1, 0.15) is 5.76 Å². The summed E-state index contributed by atoms with van der Waals surface area (Å²) in [4.78, 5) is 11.9. The van der Waals surface area contributed by atoms with Gasteiger partial charge in [-0.15, -0.1) is 0 Å². The topological polar surface area (TPSA) is 35.5 Å². The minimum atomic E-state index is -0.512. The Bertz CT molecular complexity index is 947. The van der Waals surface area contributed by atoms with Crippen molar-refractivity contribution in [3.8, 4) is 0 Å². The maximum Gasteiger partial charge on any atom is 0.303 e. The lowest BCUT2D eigenvalue weighted by Gasteiger charge is -2.21. The highest BCUT2D eigenvalue weighted by Crippen LogP contribution is 2.46. The van der Waals surface area contributed by atoms with Crippen molar-refractivity contribution in [1.82, 2.24) is 0 Å². The van der Waals surface area contributed by atoms with E-state index in [2.05, 4.69) is 0 Å². The molecule has 4 rings (SSSR count). The largest absolute Gasteiger partial charge is 0.480 e. The molecule has 0 aliphatic carbocycles. The smallest absolute Gasteiger partial charge is 0.303 e. The summed E-state index contributed by atoms with van der Waals surface area (Å²) in [5, 5.41) is 0. The summed E-state index contributed by atoms with van der Waals surface area (Å²) in [7, 11) is 0. The van der Waals surface area contributed by atoms with Crippen LogP contribution in [0.3, 0.4) is 0 Å². The quantitative estimate of drug-likeness (QED) is 0.598. The lowest BCUT2D eigenvalue weighted by atomic mass is 9.93. The van der Waals surface area contributed by atoms with E-state index in [1.807, 2.05) is 91.0 Å². The number of ether oxygens (including phenoxy) is 2. The van der Waals surface area contributed by atoms with Gasteiger partial charge in [-0.05, 0) is 11.1 Å². The van der Waals surface area contributed by atoms with Crippen LogP contribution < -0.4 is 0 Å². The second-order valence-corrected chi connectivity index (χ2v) is 6.45. The first-order chi connectivity index (χ1) is 13.2. The molecule has 0 N–H and O–H groups in total. The van der Waals surface area contributed by atoms with Crippen LogP contribution in [0.5, 0.6) is 0 Å². The van der Waals surface area contributed by atoms with Crippen LogP contribution in [0, 0.1) is 0 Å². The molecule has 2 atom stereocenters. The predicted molar refractivity (Wildman–Crippen MR) is 106 cm³/mol. The highest BCUT2D eigenvalue weighted by molar-refractivity contribution is 5.93. The van der Waals surface area contributed by atoms with Crippen molar-refractivity contribution in [3.63, 3.8) is 0 Å². The van der Waals surface area contributed by atoms with Crippen LogP contribution >= 0.6 is 0 Å². The van der Waals surface area contributed by atoms with Crippen LogP contribution in [-0.2, 0) is 14.3 Å². The minimum absolute atomic E-state index is 0.327. The minimum Gasteiger partial charge on any atom is -0.480 e. The molecule has 1 heterocycles. The molecule has 0 aromatic heterocycles. The van der Waals surface area contributed by atoms with E-state index < -0.39 is 6.10 Å². The molecule has 3 aromatic carbocycles. The Kier molecular flexibility index (Phi) is 4.75. The molecule has 3 heteroatoms. The molecule has 0 unspecified atom stereocenters. The average Bonchev–Trinajstić information content (AvgIpc) is 3.08. The third-order valence-corrected chi connectivity index (χ3v) is 4.59. The molecule has 0 saturated carbocycles. The fourth-order valence-corrected chi connectivity index (χ4v) is 3.44. The molecule has 0 radical (unpaired) electrons. The first-order valence-corrected chi connectivity index (χ1v) is 8.98. The molecule has 27 heavy (non-hydrogen) atoms. The first-order valence-electron chi connectivity index (χ1n) is 8.98. The molecule has 0 fully saturated rings. The van der Waals surface area contributed by atoms with Gasteiger partial charge in [0.15, 0.2) is 12.2 Å². The van der Waals surface area contributed by atoms with E-state index in [1.54, 1.807) is 0 Å². The molecular weight excluding hydrogens is 336 g/mol. The number of hydrogen-bond acceptors (Lipinski definition) is 3. The summed E-state index contributed by atoms with van der Waals surface area (Å²) in [6.45, 7) is 1.44. The maximum absolute atomic E-state index is 11.9. The van der Waals surface area contributed by atoms with Crippen LogP contribution in [0.2, 0.25) is 0 Å². The molecule has 3 nitrogen and oxygen atoms in total. The van der Waals surface area contributed by atoms with E-state index >= 15 is 0 Å². The van der Waals surface area contributed by atoms with Crippen LogP contribution in [0.25, 0.3) is 11.3 Å². The number of carbonyl (C=O) groups excluding carboxylic acids is 1. The van der Waals surface area contributed by atoms with Gasteiger partial charge in [0.2, 0.25) is 0 Å². The monoisotopic (exact) mass is 356 g/mol. The third-order valence-electron chi connectivity index (χ3n) is 4.59. The third kappa shape index (κ3) is 3.49. The fourth-order valence-electron chi connectivity index (χ4n) is 3.44. The molecule has 0 saturated heterocycles. The lowest BCUT2D eigenvalue weighted by molar-refractivity contribution is -0.147.